The van der Waals surface area contributed by atoms with Crippen LogP contribution in [-0.4, -0.2) is 26.9 Å². The van der Waals surface area contributed by atoms with Crippen LogP contribution in [0.3, 0.4) is 0 Å². The predicted octanol–water partition coefficient (Wildman–Crippen LogP) is 0.135. The summed E-state index contributed by atoms with van der Waals surface area (Å²) >= 11 is 0. The van der Waals surface area contributed by atoms with Gasteiger partial charge in [0.25, 0.3) is 0 Å². The van der Waals surface area contributed by atoms with Crippen molar-refractivity contribution in [3.8, 4) is 0 Å². The normalized spacial score (nSPS) is 17.8. The Bertz CT molecular complexity index is 565. The van der Waals surface area contributed by atoms with E-state index >= 15 is 0 Å². The molecule has 1 amide bonds. The third kappa shape index (κ3) is 2.63. The van der Waals surface area contributed by atoms with Crippen LogP contribution in [0.5, 0.6) is 0 Å². The highest BCUT2D eigenvalue weighted by molar-refractivity contribution is 5.82. The summed E-state index contributed by atoms with van der Waals surface area (Å²) < 4.78 is 0. The minimum absolute atomic E-state index is 0.00231. The van der Waals surface area contributed by atoms with Crippen molar-refractivity contribution in [3.05, 3.63) is 47.8 Å². The number of hydrogen-bond acceptors (Lipinski definition) is 4. The lowest BCUT2D eigenvalue weighted by Crippen LogP contribution is -2.47. The maximum absolute atomic E-state index is 12.1. The summed E-state index contributed by atoms with van der Waals surface area (Å²) in [5.41, 5.74) is 3.03. The van der Waals surface area contributed by atoms with Gasteiger partial charge in [-0.25, -0.2) is 4.98 Å². The lowest BCUT2D eigenvalue weighted by Gasteiger charge is -2.22. The summed E-state index contributed by atoms with van der Waals surface area (Å²) in [6, 6.07) is 3.58. The van der Waals surface area contributed by atoms with Crippen molar-refractivity contribution < 1.29 is 4.79 Å². The molecule has 0 aromatic carbocycles. The van der Waals surface area contributed by atoms with Crippen LogP contribution < -0.4 is 10.6 Å². The van der Waals surface area contributed by atoms with E-state index in [1.54, 1.807) is 18.7 Å². The molecule has 0 radical (unpaired) electrons. The topological polar surface area (TPSA) is 82.7 Å². The Balaban J connectivity index is 1.57. The number of nitrogens with zero attached hydrogens (tertiary/aromatic N) is 2. The first-order valence-electron chi connectivity index (χ1n) is 6.24. The van der Waals surface area contributed by atoms with Gasteiger partial charge in [0.05, 0.1) is 23.8 Å². The molecule has 2 aromatic heterocycles. The van der Waals surface area contributed by atoms with Crippen LogP contribution in [0.15, 0.2) is 30.9 Å². The van der Waals surface area contributed by atoms with Crippen LogP contribution in [0, 0.1) is 0 Å². The predicted molar refractivity (Wildman–Crippen MR) is 69.0 cm³/mol. The van der Waals surface area contributed by atoms with Crippen LogP contribution in [0.25, 0.3) is 0 Å². The highest BCUT2D eigenvalue weighted by Crippen LogP contribution is 2.12. The summed E-state index contributed by atoms with van der Waals surface area (Å²) in [7, 11) is 0. The Morgan fingerprint density at radius 2 is 2.47 bits per heavy atom. The first-order chi connectivity index (χ1) is 9.33. The van der Waals surface area contributed by atoms with Crippen LogP contribution in [0.2, 0.25) is 0 Å². The molecule has 2 aromatic rings. The molecule has 19 heavy (non-hydrogen) atoms. The molecule has 6 nitrogen and oxygen atoms in total. The maximum Gasteiger partial charge on any atom is 0.237 e. The van der Waals surface area contributed by atoms with Gasteiger partial charge in [-0.15, -0.1) is 0 Å². The lowest BCUT2D eigenvalue weighted by molar-refractivity contribution is -0.123. The molecule has 1 aliphatic heterocycles. The summed E-state index contributed by atoms with van der Waals surface area (Å²) in [4.78, 5) is 23.4. The monoisotopic (exact) mass is 257 g/mol. The van der Waals surface area contributed by atoms with Gasteiger partial charge in [0.15, 0.2) is 0 Å². The second kappa shape index (κ2) is 5.19. The molecule has 1 unspecified atom stereocenters. The van der Waals surface area contributed by atoms with Crippen LogP contribution in [0.1, 0.15) is 17.0 Å². The number of amides is 1. The number of nitrogens with one attached hydrogen (secondary N) is 3. The van der Waals surface area contributed by atoms with Gasteiger partial charge >= 0.3 is 0 Å². The number of carbonyl (C=O) groups excluding carboxylic acids is 1. The fraction of sp³-hybridized carbons (Fsp3) is 0.308. The van der Waals surface area contributed by atoms with Gasteiger partial charge < -0.3 is 10.3 Å². The van der Waals surface area contributed by atoms with Gasteiger partial charge in [-0.1, -0.05) is 6.07 Å². The number of imidazole rings is 1. The average molecular weight is 257 g/mol. The van der Waals surface area contributed by atoms with E-state index in [4.69, 9.17) is 0 Å². The zero-order valence-corrected chi connectivity index (χ0v) is 10.4. The Hall–Kier alpha value is -2.21. The van der Waals surface area contributed by atoms with Gasteiger partial charge in [0.2, 0.25) is 5.91 Å². The van der Waals surface area contributed by atoms with E-state index in [0.717, 1.165) is 17.0 Å². The van der Waals surface area contributed by atoms with Crippen molar-refractivity contribution in [3.63, 3.8) is 0 Å². The summed E-state index contributed by atoms with van der Waals surface area (Å²) in [6.07, 6.45) is 5.76. The zero-order valence-electron chi connectivity index (χ0n) is 10.4. The van der Waals surface area contributed by atoms with Gasteiger partial charge in [-0.05, 0) is 11.6 Å². The van der Waals surface area contributed by atoms with E-state index in [2.05, 4.69) is 25.6 Å². The highest BCUT2D eigenvalue weighted by Gasteiger charge is 2.25. The molecule has 0 spiro atoms. The van der Waals surface area contributed by atoms with Crippen LogP contribution in [-0.2, 0) is 24.3 Å². The molecule has 6 heteroatoms. The number of hydrogen-bond donors (Lipinski definition) is 3. The number of rotatable bonds is 3. The Morgan fingerprint density at radius 1 is 1.53 bits per heavy atom. The highest BCUT2D eigenvalue weighted by atomic mass is 16.2. The molecule has 0 bridgehead atoms. The molecule has 98 valence electrons. The third-order valence-corrected chi connectivity index (χ3v) is 3.24. The molecule has 0 fully saturated rings. The number of pyridine rings is 1. The molecule has 0 saturated heterocycles. The van der Waals surface area contributed by atoms with Crippen molar-refractivity contribution in [2.24, 2.45) is 0 Å². The SMILES string of the molecule is O=C(NCc1cccnc1)C1Cc2nc[nH]c2CN1. The molecule has 0 saturated carbocycles. The second-order valence-corrected chi connectivity index (χ2v) is 4.54. The van der Waals surface area contributed by atoms with E-state index in [1.165, 1.54) is 0 Å². The van der Waals surface area contributed by atoms with Crippen molar-refractivity contribution in [2.75, 3.05) is 0 Å². The molecule has 3 heterocycles. The molecular formula is C13H15N5O. The van der Waals surface area contributed by atoms with E-state index in [0.29, 0.717) is 19.5 Å². The fourth-order valence-electron chi connectivity index (χ4n) is 2.17. The zero-order chi connectivity index (χ0) is 13.1. The quantitative estimate of drug-likeness (QED) is 0.730. The molecule has 0 aliphatic carbocycles. The first kappa shape index (κ1) is 11.9. The average Bonchev–Trinajstić information content (AvgIpc) is 2.93. The molecule has 1 aliphatic rings. The lowest BCUT2D eigenvalue weighted by atomic mass is 10.0. The van der Waals surface area contributed by atoms with E-state index in [9.17, 15) is 4.79 Å². The van der Waals surface area contributed by atoms with Crippen molar-refractivity contribution >= 4 is 5.91 Å². The number of fused-ring (bicyclic) bond motifs is 1. The Labute approximate surface area is 110 Å². The van der Waals surface area contributed by atoms with Crippen molar-refractivity contribution in [1.82, 2.24) is 25.6 Å². The number of carbonyl (C=O) groups is 1. The van der Waals surface area contributed by atoms with E-state index in [1.807, 2.05) is 12.1 Å². The second-order valence-electron chi connectivity index (χ2n) is 4.54. The number of H-pyrrole nitrogens is 1. The van der Waals surface area contributed by atoms with Gasteiger partial charge in [0, 0.05) is 31.9 Å². The first-order valence-corrected chi connectivity index (χ1v) is 6.24. The molecular weight excluding hydrogens is 242 g/mol. The molecule has 3 rings (SSSR count). The van der Waals surface area contributed by atoms with Gasteiger partial charge in [0.1, 0.15) is 0 Å². The standard InChI is InChI=1S/C13H15N5O/c19-13(16-6-9-2-1-3-14-5-9)11-4-10-12(7-15-11)18-8-17-10/h1-3,5,8,11,15H,4,6-7H2,(H,16,19)(H,17,18). The minimum atomic E-state index is -0.215. The smallest absolute Gasteiger partial charge is 0.237 e. The van der Waals surface area contributed by atoms with Gasteiger partial charge in [-0.3, -0.25) is 15.1 Å². The molecule has 3 N–H and O–H groups in total. The van der Waals surface area contributed by atoms with Crippen molar-refractivity contribution in [2.45, 2.75) is 25.6 Å². The molecule has 1 atom stereocenters. The Kier molecular flexibility index (Phi) is 3.24. The third-order valence-electron chi connectivity index (χ3n) is 3.24. The Morgan fingerprint density at radius 3 is 3.32 bits per heavy atom. The van der Waals surface area contributed by atoms with Crippen LogP contribution >= 0.6 is 0 Å². The van der Waals surface area contributed by atoms with Crippen molar-refractivity contribution in [1.29, 1.82) is 0 Å². The number of aromatic amines is 1. The summed E-state index contributed by atoms with van der Waals surface area (Å²) in [6.45, 7) is 1.15. The fourth-order valence-corrected chi connectivity index (χ4v) is 2.17. The van der Waals surface area contributed by atoms with Gasteiger partial charge in [-0.2, -0.15) is 0 Å². The largest absolute Gasteiger partial charge is 0.351 e. The van der Waals surface area contributed by atoms with E-state index in [-0.39, 0.29) is 11.9 Å². The summed E-state index contributed by atoms with van der Waals surface area (Å²) in [5.74, 6) is -0.00231. The maximum atomic E-state index is 12.1. The summed E-state index contributed by atoms with van der Waals surface area (Å²) in [5, 5.41) is 6.11. The minimum Gasteiger partial charge on any atom is -0.351 e. The van der Waals surface area contributed by atoms with E-state index < -0.39 is 0 Å². The van der Waals surface area contributed by atoms with Crippen LogP contribution in [0.4, 0.5) is 0 Å². The number of aromatic nitrogens is 3.